The molecule has 1 heterocycles. The van der Waals surface area contributed by atoms with E-state index in [1.165, 1.54) is 0 Å². The van der Waals surface area contributed by atoms with Crippen molar-refractivity contribution < 1.29 is 4.79 Å². The molecule has 110 valence electrons. The normalized spacial score (nSPS) is 17.1. The van der Waals surface area contributed by atoms with E-state index >= 15 is 0 Å². The van der Waals surface area contributed by atoms with E-state index in [2.05, 4.69) is 20.8 Å². The summed E-state index contributed by atoms with van der Waals surface area (Å²) in [6.07, 6.45) is 0.977. The van der Waals surface area contributed by atoms with Crippen LogP contribution in [0.15, 0.2) is 22.7 Å². The van der Waals surface area contributed by atoms with Crippen LogP contribution in [0.2, 0.25) is 5.02 Å². The molecule has 1 aromatic rings. The lowest BCUT2D eigenvalue weighted by Crippen LogP contribution is -2.35. The highest BCUT2D eigenvalue weighted by atomic mass is 79.9. The Morgan fingerprint density at radius 2 is 2.00 bits per heavy atom. The fourth-order valence-corrected chi connectivity index (χ4v) is 3.48. The second kappa shape index (κ2) is 7.64. The highest BCUT2D eigenvalue weighted by molar-refractivity contribution is 9.10. The van der Waals surface area contributed by atoms with Crippen LogP contribution in [0.1, 0.15) is 16.8 Å². The van der Waals surface area contributed by atoms with E-state index in [1.54, 1.807) is 12.1 Å². The highest BCUT2D eigenvalue weighted by Gasteiger charge is 2.20. The maximum atomic E-state index is 12.5. The van der Waals surface area contributed by atoms with Crippen LogP contribution < -0.4 is 0 Å². The fourth-order valence-electron chi connectivity index (χ4n) is 2.38. The van der Waals surface area contributed by atoms with Gasteiger partial charge in [0.2, 0.25) is 0 Å². The number of rotatable bonds is 3. The van der Waals surface area contributed by atoms with Crippen molar-refractivity contribution in [1.82, 2.24) is 9.80 Å². The van der Waals surface area contributed by atoms with Crippen molar-refractivity contribution in [2.45, 2.75) is 6.42 Å². The molecule has 1 aromatic carbocycles. The number of carbonyl (C=O) groups excluding carboxylic acids is 1. The molecule has 1 aliphatic heterocycles. The van der Waals surface area contributed by atoms with Gasteiger partial charge in [0.25, 0.3) is 5.91 Å². The Morgan fingerprint density at radius 1 is 1.20 bits per heavy atom. The number of hydrogen-bond donors (Lipinski definition) is 0. The second-order valence-corrected chi connectivity index (χ2v) is 6.56. The van der Waals surface area contributed by atoms with Gasteiger partial charge < -0.3 is 9.80 Å². The minimum absolute atomic E-state index is 0.0425. The molecule has 0 aliphatic carbocycles. The van der Waals surface area contributed by atoms with Gasteiger partial charge in [-0.05, 0) is 31.2 Å². The lowest BCUT2D eigenvalue weighted by atomic mass is 10.2. The standard InChI is InChI=1S/C14H17BrCl2N2O/c15-12-8-11(9-13(17)10-12)14(20)19-4-1-3-18(5-2-16)6-7-19/h8-10H,1-7H2. The number of halogens is 3. The van der Waals surface area contributed by atoms with Crippen molar-refractivity contribution in [2.75, 3.05) is 38.6 Å². The molecule has 1 amide bonds. The van der Waals surface area contributed by atoms with Crippen LogP contribution in [-0.4, -0.2) is 54.3 Å². The first-order chi connectivity index (χ1) is 9.60. The molecule has 0 N–H and O–H groups in total. The van der Waals surface area contributed by atoms with Crippen molar-refractivity contribution in [3.8, 4) is 0 Å². The third-order valence-corrected chi connectivity index (χ3v) is 4.23. The number of hydrogen-bond acceptors (Lipinski definition) is 2. The Balaban J connectivity index is 2.05. The van der Waals surface area contributed by atoms with Crippen LogP contribution in [0.3, 0.4) is 0 Å². The maximum absolute atomic E-state index is 12.5. The van der Waals surface area contributed by atoms with Crippen molar-refractivity contribution in [1.29, 1.82) is 0 Å². The van der Waals surface area contributed by atoms with Gasteiger partial charge in [0.15, 0.2) is 0 Å². The summed E-state index contributed by atoms with van der Waals surface area (Å²) >= 11 is 15.2. The average molecular weight is 380 g/mol. The van der Waals surface area contributed by atoms with Crippen molar-refractivity contribution in [3.63, 3.8) is 0 Å². The van der Waals surface area contributed by atoms with Crippen molar-refractivity contribution in [3.05, 3.63) is 33.3 Å². The third-order valence-electron chi connectivity index (χ3n) is 3.39. The molecular formula is C14H17BrCl2N2O. The van der Waals surface area contributed by atoms with E-state index in [0.717, 1.165) is 43.6 Å². The Hall–Kier alpha value is -0.290. The lowest BCUT2D eigenvalue weighted by molar-refractivity contribution is 0.0762. The summed E-state index contributed by atoms with van der Waals surface area (Å²) < 4.78 is 0.826. The van der Waals surface area contributed by atoms with Gasteiger partial charge >= 0.3 is 0 Å². The van der Waals surface area contributed by atoms with Gasteiger partial charge in [-0.15, -0.1) is 11.6 Å². The van der Waals surface area contributed by atoms with Crippen molar-refractivity contribution >= 4 is 45.0 Å². The minimum atomic E-state index is 0.0425. The monoisotopic (exact) mass is 378 g/mol. The molecule has 2 rings (SSSR count). The summed E-state index contributed by atoms with van der Waals surface area (Å²) in [5.41, 5.74) is 0.634. The maximum Gasteiger partial charge on any atom is 0.253 e. The summed E-state index contributed by atoms with van der Waals surface area (Å²) in [4.78, 5) is 16.7. The zero-order valence-electron chi connectivity index (χ0n) is 11.1. The minimum Gasteiger partial charge on any atom is -0.337 e. The highest BCUT2D eigenvalue weighted by Crippen LogP contribution is 2.21. The van der Waals surface area contributed by atoms with E-state index in [4.69, 9.17) is 23.2 Å². The van der Waals surface area contributed by atoms with Crippen LogP contribution in [0, 0.1) is 0 Å². The van der Waals surface area contributed by atoms with Crippen LogP contribution in [0.4, 0.5) is 0 Å². The zero-order valence-corrected chi connectivity index (χ0v) is 14.2. The molecule has 0 radical (unpaired) electrons. The molecule has 1 aliphatic rings. The van der Waals surface area contributed by atoms with E-state index in [0.29, 0.717) is 16.5 Å². The molecule has 0 bridgehead atoms. The van der Waals surface area contributed by atoms with Gasteiger partial charge in [-0.25, -0.2) is 0 Å². The molecule has 0 spiro atoms. The van der Waals surface area contributed by atoms with Crippen LogP contribution in [-0.2, 0) is 0 Å². The van der Waals surface area contributed by atoms with Gasteiger partial charge in [0, 0.05) is 47.1 Å². The summed E-state index contributed by atoms with van der Waals surface area (Å²) in [6.45, 7) is 4.27. The number of alkyl halides is 1. The molecule has 0 aromatic heterocycles. The van der Waals surface area contributed by atoms with Gasteiger partial charge in [-0.2, -0.15) is 0 Å². The van der Waals surface area contributed by atoms with Gasteiger partial charge in [-0.1, -0.05) is 27.5 Å². The Morgan fingerprint density at radius 3 is 2.70 bits per heavy atom. The molecule has 3 nitrogen and oxygen atoms in total. The first-order valence-corrected chi connectivity index (χ1v) is 8.34. The number of nitrogens with zero attached hydrogens (tertiary/aromatic N) is 2. The largest absolute Gasteiger partial charge is 0.337 e. The fraction of sp³-hybridized carbons (Fsp3) is 0.500. The molecule has 0 unspecified atom stereocenters. The summed E-state index contributed by atoms with van der Waals surface area (Å²) in [5, 5.41) is 0.571. The molecule has 20 heavy (non-hydrogen) atoms. The smallest absolute Gasteiger partial charge is 0.253 e. The Kier molecular flexibility index (Phi) is 6.15. The van der Waals surface area contributed by atoms with Gasteiger partial charge in [0.05, 0.1) is 0 Å². The molecular weight excluding hydrogens is 363 g/mol. The van der Waals surface area contributed by atoms with E-state index in [9.17, 15) is 4.79 Å². The molecule has 1 saturated heterocycles. The predicted octanol–water partition coefficient (Wildman–Crippen LogP) is 3.49. The molecule has 0 saturated carbocycles. The summed E-state index contributed by atoms with van der Waals surface area (Å²) in [7, 11) is 0. The quantitative estimate of drug-likeness (QED) is 0.750. The number of benzene rings is 1. The van der Waals surface area contributed by atoms with Crippen LogP contribution in [0.5, 0.6) is 0 Å². The van der Waals surface area contributed by atoms with Crippen molar-refractivity contribution in [2.24, 2.45) is 0 Å². The predicted molar refractivity (Wildman–Crippen MR) is 86.8 cm³/mol. The molecule has 6 heteroatoms. The first-order valence-electron chi connectivity index (χ1n) is 6.64. The lowest BCUT2D eigenvalue weighted by Gasteiger charge is -2.21. The zero-order chi connectivity index (χ0) is 14.5. The first kappa shape index (κ1) is 16.1. The van der Waals surface area contributed by atoms with E-state index < -0.39 is 0 Å². The SMILES string of the molecule is O=C(c1cc(Cl)cc(Br)c1)N1CCCN(CCCl)CC1. The summed E-state index contributed by atoms with van der Waals surface area (Å²) in [5.74, 6) is 0.677. The van der Waals surface area contributed by atoms with Crippen LogP contribution >= 0.6 is 39.1 Å². The third kappa shape index (κ3) is 4.35. The van der Waals surface area contributed by atoms with Gasteiger partial charge in [0.1, 0.15) is 0 Å². The van der Waals surface area contributed by atoms with E-state index in [1.807, 2.05) is 11.0 Å². The Labute approximate surface area is 138 Å². The van der Waals surface area contributed by atoms with Gasteiger partial charge in [-0.3, -0.25) is 4.79 Å². The number of carbonyl (C=O) groups is 1. The van der Waals surface area contributed by atoms with E-state index in [-0.39, 0.29) is 5.91 Å². The topological polar surface area (TPSA) is 23.6 Å². The molecule has 0 atom stereocenters. The molecule has 1 fully saturated rings. The Bertz CT molecular complexity index is 464. The average Bonchev–Trinajstić information content (AvgIpc) is 2.63. The number of amides is 1. The second-order valence-electron chi connectivity index (χ2n) is 4.83. The van der Waals surface area contributed by atoms with Crippen LogP contribution in [0.25, 0.3) is 0 Å². The summed E-state index contributed by atoms with van der Waals surface area (Å²) in [6, 6.07) is 5.31.